The van der Waals surface area contributed by atoms with Crippen molar-refractivity contribution < 1.29 is 32.5 Å². The third-order valence-electron chi connectivity index (χ3n) is 16.2. The summed E-state index contributed by atoms with van der Waals surface area (Å²) in [7, 11) is -1.01. The van der Waals surface area contributed by atoms with Crippen molar-refractivity contribution in [3.05, 3.63) is 89.2 Å². The van der Waals surface area contributed by atoms with E-state index in [0.29, 0.717) is 79.8 Å². The number of hydrogen-bond acceptors (Lipinski definition) is 13. The molecule has 3 amide bonds. The highest BCUT2D eigenvalue weighted by Gasteiger charge is 2.38. The number of halogens is 2. The van der Waals surface area contributed by atoms with Crippen LogP contribution in [0.1, 0.15) is 81.5 Å². The summed E-state index contributed by atoms with van der Waals surface area (Å²) in [5.41, 5.74) is 6.38. The Balaban J connectivity index is 0.722. The fraction of sp³-hybridized carbons (Fsp3) is 0.455. The van der Waals surface area contributed by atoms with Crippen LogP contribution in [0, 0.1) is 17.6 Å². The number of aromatic amines is 1. The number of piperidine rings is 2. The molecule has 3 aromatic heterocycles. The predicted molar refractivity (Wildman–Crippen MR) is 285 cm³/mol. The van der Waals surface area contributed by atoms with E-state index in [4.69, 9.17) is 19.7 Å². The number of anilines is 6. The molecule has 0 bridgehead atoms. The fourth-order valence-electron chi connectivity index (χ4n) is 12.1. The monoisotopic (exact) mass is 1030 g/mol. The van der Waals surface area contributed by atoms with Gasteiger partial charge in [0, 0.05) is 123 Å². The molecule has 5 saturated heterocycles. The number of aromatic nitrogens is 4. The topological polar surface area (TPSA) is 181 Å². The summed E-state index contributed by atoms with van der Waals surface area (Å²) >= 11 is 0. The number of nitrogens with one attached hydrogen (secondary N) is 4. The van der Waals surface area contributed by atoms with E-state index in [1.54, 1.807) is 7.11 Å². The van der Waals surface area contributed by atoms with E-state index in [9.17, 15) is 18.9 Å². The van der Waals surface area contributed by atoms with Gasteiger partial charge in [-0.3, -0.25) is 29.6 Å². The number of H-pyrrole nitrogens is 1. The van der Waals surface area contributed by atoms with Crippen molar-refractivity contribution in [2.75, 3.05) is 92.2 Å². The van der Waals surface area contributed by atoms with Crippen LogP contribution in [0.3, 0.4) is 0 Å². The van der Waals surface area contributed by atoms with E-state index < -0.39 is 36.5 Å². The maximum absolute atomic E-state index is 15.4. The molecule has 19 heteroatoms. The third-order valence-corrected chi connectivity index (χ3v) is 19.5. The number of carbonyl (C=O) groups excluding carboxylic acids is 3. The molecule has 388 valence electrons. The number of imide groups is 1. The molecule has 2 atom stereocenters. The van der Waals surface area contributed by atoms with Crippen LogP contribution in [0.2, 0.25) is 0 Å². The van der Waals surface area contributed by atoms with Crippen LogP contribution in [-0.2, 0) is 31.8 Å². The number of benzene rings is 3. The number of carbonyl (C=O) groups is 3. The number of piperazine rings is 1. The van der Waals surface area contributed by atoms with Gasteiger partial charge in [0.15, 0.2) is 0 Å². The van der Waals surface area contributed by atoms with Crippen LogP contribution >= 0.6 is 7.14 Å². The summed E-state index contributed by atoms with van der Waals surface area (Å²) in [4.78, 5) is 64.6. The quantitative estimate of drug-likeness (QED) is 0.0641. The van der Waals surface area contributed by atoms with E-state index in [-0.39, 0.29) is 30.2 Å². The van der Waals surface area contributed by atoms with Crippen molar-refractivity contribution in [1.29, 1.82) is 0 Å². The van der Waals surface area contributed by atoms with Crippen LogP contribution in [0.25, 0.3) is 21.9 Å². The van der Waals surface area contributed by atoms with Gasteiger partial charge in [-0.2, -0.15) is 9.97 Å². The Bertz CT molecular complexity index is 3180. The second-order valence-corrected chi connectivity index (χ2v) is 23.6. The highest BCUT2D eigenvalue weighted by Crippen LogP contribution is 2.54. The SMILES string of the molecule is CCc1ccc2c(P3(=O)CCCC3)c(Nc3nc(Nc4cc(CC)c(N5CCC(N6CCN(C(=O)[C@@H]7CCN(c8cc(F)c(C9CCC(=O)NC9=O)c(F)c8)C7)CC6)CC5)cc4OC)nc4[nH]ccc34)ccc2n1. The van der Waals surface area contributed by atoms with Crippen LogP contribution in [0.15, 0.2) is 60.8 Å². The predicted octanol–water partition coefficient (Wildman–Crippen LogP) is 8.35. The number of pyridine rings is 1. The van der Waals surface area contributed by atoms with E-state index in [0.717, 1.165) is 109 Å². The van der Waals surface area contributed by atoms with E-state index >= 15 is 8.78 Å². The van der Waals surface area contributed by atoms with Gasteiger partial charge in [0.1, 0.15) is 36.0 Å². The molecule has 1 unspecified atom stereocenters. The Morgan fingerprint density at radius 1 is 0.811 bits per heavy atom. The average molecular weight is 1030 g/mol. The summed E-state index contributed by atoms with van der Waals surface area (Å²) in [6, 6.07) is 17.2. The van der Waals surface area contributed by atoms with Gasteiger partial charge >= 0.3 is 0 Å². The van der Waals surface area contributed by atoms with Gasteiger partial charge in [-0.1, -0.05) is 19.9 Å². The molecule has 16 nitrogen and oxygen atoms in total. The second kappa shape index (κ2) is 20.6. The molecule has 8 heterocycles. The number of fused-ring (bicyclic) bond motifs is 2. The third kappa shape index (κ3) is 9.55. The Labute approximate surface area is 429 Å². The summed E-state index contributed by atoms with van der Waals surface area (Å²) in [5, 5.41) is 11.9. The van der Waals surface area contributed by atoms with E-state index in [1.807, 2.05) is 40.3 Å². The Morgan fingerprint density at radius 3 is 2.28 bits per heavy atom. The van der Waals surface area contributed by atoms with Crippen molar-refractivity contribution in [2.45, 2.75) is 83.6 Å². The van der Waals surface area contributed by atoms with Crippen molar-refractivity contribution in [2.24, 2.45) is 5.92 Å². The Kier molecular flexibility index (Phi) is 13.8. The zero-order valence-electron chi connectivity index (χ0n) is 42.3. The number of ether oxygens (including phenoxy) is 1. The van der Waals surface area contributed by atoms with Gasteiger partial charge in [-0.15, -0.1) is 0 Å². The first-order chi connectivity index (χ1) is 35.9. The minimum atomic E-state index is -2.69. The zero-order valence-corrected chi connectivity index (χ0v) is 43.2. The second-order valence-electron chi connectivity index (χ2n) is 20.5. The van der Waals surface area contributed by atoms with Gasteiger partial charge in [0.25, 0.3) is 0 Å². The molecule has 6 aromatic rings. The standard InChI is InChI=1S/C55H64F2N11O5P/c1-4-33-28-45(61-55-63-51-40(14-18-58-51)52(64-55)60-44-12-11-43-38(9-8-35(5-2)59-43)50(44)74(72)26-6-7-27-74)47(73-3)31-46(33)66-20-16-36(17-21-66)65-22-24-67(25-23-65)54(71)34-15-19-68(32-34)37-29-41(56)49(42(57)30-37)39-10-13-48(69)62-53(39)70/h8-9,11-12,14,18,28-31,34,36,39H,4-7,10,13,15-17,19-27,32H2,1-3H3,(H,62,69,70)(H3,58,60,61,63,64)/t34-,39?/m1/s1. The lowest BCUT2D eigenvalue weighted by Crippen LogP contribution is -2.55. The molecule has 4 N–H and O–H groups in total. The highest BCUT2D eigenvalue weighted by atomic mass is 31.2. The molecule has 0 saturated carbocycles. The maximum Gasteiger partial charge on any atom is 0.234 e. The Hall–Kier alpha value is -6.65. The Morgan fingerprint density at radius 2 is 1.57 bits per heavy atom. The first kappa shape index (κ1) is 49.6. The molecule has 0 spiro atoms. The molecule has 5 aliphatic heterocycles. The highest BCUT2D eigenvalue weighted by molar-refractivity contribution is 7.72. The number of methoxy groups -OCH3 is 1. The number of rotatable bonds is 13. The summed E-state index contributed by atoms with van der Waals surface area (Å²) in [6.07, 6.45) is 9.35. The number of aryl methyl sites for hydroxylation is 2. The molecule has 3 aromatic carbocycles. The number of amides is 3. The lowest BCUT2D eigenvalue weighted by Gasteiger charge is -2.44. The molecule has 5 fully saturated rings. The first-order valence-electron chi connectivity index (χ1n) is 26.4. The van der Waals surface area contributed by atoms with Crippen molar-refractivity contribution >= 4 is 86.6 Å². The van der Waals surface area contributed by atoms with Gasteiger partial charge < -0.3 is 39.6 Å². The summed E-state index contributed by atoms with van der Waals surface area (Å²) in [6.45, 7) is 9.70. The van der Waals surface area contributed by atoms with Gasteiger partial charge in [0.05, 0.1) is 41.2 Å². The van der Waals surface area contributed by atoms with Gasteiger partial charge in [-0.05, 0) is 99.4 Å². The van der Waals surface area contributed by atoms with E-state index in [2.05, 4.69) is 62.8 Å². The van der Waals surface area contributed by atoms with Gasteiger partial charge in [0.2, 0.25) is 23.7 Å². The van der Waals surface area contributed by atoms with Gasteiger partial charge in [-0.25, -0.2) is 8.78 Å². The molecule has 11 rings (SSSR count). The fourth-order valence-corrected chi connectivity index (χ4v) is 15.5. The lowest BCUT2D eigenvalue weighted by atomic mass is 9.89. The summed E-state index contributed by atoms with van der Waals surface area (Å²) < 4.78 is 51.4. The first-order valence-corrected chi connectivity index (χ1v) is 28.4. The van der Waals surface area contributed by atoms with Crippen LogP contribution < -0.4 is 35.8 Å². The normalized spacial score (nSPS) is 20.7. The molecule has 0 radical (unpaired) electrons. The number of hydrogen-bond donors (Lipinski definition) is 4. The molecular formula is C55H64F2N11O5P. The van der Waals surface area contributed by atoms with Crippen molar-refractivity contribution in [3.63, 3.8) is 0 Å². The minimum absolute atomic E-state index is 0.0267. The molecule has 0 aliphatic carbocycles. The van der Waals surface area contributed by atoms with Crippen molar-refractivity contribution in [1.82, 2.24) is 35.1 Å². The van der Waals surface area contributed by atoms with Crippen LogP contribution in [-0.4, -0.2) is 125 Å². The van der Waals surface area contributed by atoms with Crippen LogP contribution in [0.4, 0.5) is 43.3 Å². The molecule has 74 heavy (non-hydrogen) atoms. The minimum Gasteiger partial charge on any atom is -0.494 e. The van der Waals surface area contributed by atoms with Crippen molar-refractivity contribution in [3.8, 4) is 5.75 Å². The van der Waals surface area contributed by atoms with E-state index in [1.165, 1.54) is 17.7 Å². The number of nitrogens with zero attached hydrogens (tertiary/aromatic N) is 7. The summed E-state index contributed by atoms with van der Waals surface area (Å²) in [5.74, 6) is -2.38. The molecule has 5 aliphatic rings. The molecular weight excluding hydrogens is 964 g/mol. The van der Waals surface area contributed by atoms with Crippen LogP contribution in [0.5, 0.6) is 5.75 Å². The lowest BCUT2D eigenvalue weighted by molar-refractivity contribution is -0.137. The smallest absolute Gasteiger partial charge is 0.234 e. The largest absolute Gasteiger partial charge is 0.494 e. The average Bonchev–Trinajstić information content (AvgIpc) is 4.22. The maximum atomic E-state index is 15.4. The zero-order chi connectivity index (χ0) is 51.3.